The predicted octanol–water partition coefficient (Wildman–Crippen LogP) is 2.96. The Balaban J connectivity index is 1.39. The van der Waals surface area contributed by atoms with Crippen molar-refractivity contribution < 1.29 is 9.53 Å². The molecule has 1 amide bonds. The number of hydrogen-bond acceptors (Lipinski definition) is 4. The summed E-state index contributed by atoms with van der Waals surface area (Å²) in [5, 5.41) is 2.99. The number of carbonyl (C=O) groups excluding carboxylic acids is 1. The Morgan fingerprint density at radius 3 is 2.72 bits per heavy atom. The van der Waals surface area contributed by atoms with Gasteiger partial charge >= 0.3 is 0 Å². The van der Waals surface area contributed by atoms with Crippen LogP contribution in [-0.2, 0) is 9.53 Å². The van der Waals surface area contributed by atoms with E-state index in [4.69, 9.17) is 4.74 Å². The first-order valence-corrected chi connectivity index (χ1v) is 10.1. The Hall–Kier alpha value is -0.950. The number of benzene rings is 1. The summed E-state index contributed by atoms with van der Waals surface area (Å²) in [6, 6.07) is 7.53. The van der Waals surface area contributed by atoms with Crippen LogP contribution in [-0.4, -0.2) is 67.2 Å². The van der Waals surface area contributed by atoms with Crippen molar-refractivity contribution in [3.63, 3.8) is 0 Å². The van der Waals surface area contributed by atoms with Crippen molar-refractivity contribution in [2.24, 2.45) is 0 Å². The average molecular weight is 410 g/mol. The van der Waals surface area contributed by atoms with E-state index in [9.17, 15) is 4.79 Å². The molecule has 2 heterocycles. The van der Waals surface area contributed by atoms with Crippen molar-refractivity contribution in [2.45, 2.75) is 38.3 Å². The van der Waals surface area contributed by atoms with Crippen LogP contribution in [0.1, 0.15) is 26.2 Å². The molecule has 0 radical (unpaired) electrons. The number of anilines is 1. The second-order valence-electron chi connectivity index (χ2n) is 7.00. The number of ether oxygens (including phenoxy) is 1. The lowest BCUT2D eigenvalue weighted by Crippen LogP contribution is -2.41. The Morgan fingerprint density at radius 1 is 1.28 bits per heavy atom. The normalized spacial score (nSPS) is 23.0. The molecule has 0 aromatic heterocycles. The number of hydrogen-bond donors (Lipinski definition) is 1. The number of carbonyl (C=O) groups is 1. The smallest absolute Gasteiger partial charge is 0.241 e. The molecule has 138 valence electrons. The van der Waals surface area contributed by atoms with E-state index in [1.807, 2.05) is 31.2 Å². The largest absolute Gasteiger partial charge is 0.376 e. The van der Waals surface area contributed by atoms with Gasteiger partial charge in [0.05, 0.1) is 18.8 Å². The van der Waals surface area contributed by atoms with Crippen LogP contribution in [0.15, 0.2) is 28.7 Å². The molecule has 0 bridgehead atoms. The average Bonchev–Trinajstić information content (AvgIpc) is 3.28. The summed E-state index contributed by atoms with van der Waals surface area (Å²) in [6.45, 7) is 8.01. The lowest BCUT2D eigenvalue weighted by atomic mass is 10.2. The van der Waals surface area contributed by atoms with E-state index in [0.29, 0.717) is 0 Å². The van der Waals surface area contributed by atoms with Gasteiger partial charge in [-0.1, -0.05) is 15.9 Å². The number of halogens is 1. The third-order valence-corrected chi connectivity index (χ3v) is 5.70. The molecule has 2 unspecified atom stereocenters. The Labute approximate surface area is 158 Å². The highest BCUT2D eigenvalue weighted by atomic mass is 79.9. The molecule has 2 aliphatic heterocycles. The van der Waals surface area contributed by atoms with Crippen molar-refractivity contribution in [2.75, 3.05) is 44.6 Å². The maximum absolute atomic E-state index is 12.5. The van der Waals surface area contributed by atoms with Gasteiger partial charge in [-0.25, -0.2) is 0 Å². The van der Waals surface area contributed by atoms with Gasteiger partial charge in [0.2, 0.25) is 5.91 Å². The van der Waals surface area contributed by atoms with Gasteiger partial charge in [-0.15, -0.1) is 0 Å². The zero-order valence-electron chi connectivity index (χ0n) is 14.9. The van der Waals surface area contributed by atoms with Crippen LogP contribution >= 0.6 is 15.9 Å². The van der Waals surface area contributed by atoms with Crippen LogP contribution in [0.3, 0.4) is 0 Å². The summed E-state index contributed by atoms with van der Waals surface area (Å²) in [4.78, 5) is 17.2. The minimum absolute atomic E-state index is 0.0417. The van der Waals surface area contributed by atoms with Gasteiger partial charge in [-0.05, 0) is 63.5 Å². The molecule has 2 atom stereocenters. The quantitative estimate of drug-likeness (QED) is 0.751. The molecule has 2 saturated heterocycles. The summed E-state index contributed by atoms with van der Waals surface area (Å²) in [5.41, 5.74) is 0.831. The summed E-state index contributed by atoms with van der Waals surface area (Å²) >= 11 is 3.41. The van der Waals surface area contributed by atoms with Crippen molar-refractivity contribution in [3.8, 4) is 0 Å². The fraction of sp³-hybridized carbons (Fsp3) is 0.632. The summed E-state index contributed by atoms with van der Waals surface area (Å²) in [5.74, 6) is 0.0417. The first-order chi connectivity index (χ1) is 12.1. The van der Waals surface area contributed by atoms with Crippen molar-refractivity contribution >= 4 is 27.5 Å². The molecular formula is C19H28BrN3O2. The monoisotopic (exact) mass is 409 g/mol. The Bertz CT molecular complexity index is 560. The second kappa shape index (κ2) is 9.12. The van der Waals surface area contributed by atoms with Gasteiger partial charge in [0.15, 0.2) is 0 Å². The standard InChI is InChI=1S/C19H28BrN3O2/c1-15(19(24)21-17-6-4-16(20)5-7-17)23-11-8-18(14-23)25-13-12-22-9-2-3-10-22/h4-7,15,18H,2-3,8-14H2,1H3,(H,21,24). The zero-order chi connectivity index (χ0) is 17.6. The lowest BCUT2D eigenvalue weighted by Gasteiger charge is -2.23. The first kappa shape index (κ1) is 18.8. The second-order valence-corrected chi connectivity index (χ2v) is 7.91. The topological polar surface area (TPSA) is 44.8 Å². The predicted molar refractivity (Wildman–Crippen MR) is 104 cm³/mol. The molecular weight excluding hydrogens is 382 g/mol. The van der Waals surface area contributed by atoms with Gasteiger partial charge in [0, 0.05) is 29.8 Å². The minimum Gasteiger partial charge on any atom is -0.376 e. The molecule has 2 aliphatic rings. The molecule has 0 spiro atoms. The highest BCUT2D eigenvalue weighted by Gasteiger charge is 2.30. The third-order valence-electron chi connectivity index (χ3n) is 5.18. The lowest BCUT2D eigenvalue weighted by molar-refractivity contribution is -0.120. The minimum atomic E-state index is -0.143. The van der Waals surface area contributed by atoms with E-state index in [1.54, 1.807) is 0 Å². The highest BCUT2D eigenvalue weighted by Crippen LogP contribution is 2.18. The number of rotatable bonds is 7. The molecule has 0 aliphatic carbocycles. The van der Waals surface area contributed by atoms with Gasteiger partial charge in [0.1, 0.15) is 0 Å². The van der Waals surface area contributed by atoms with Crippen LogP contribution < -0.4 is 5.32 Å². The maximum atomic E-state index is 12.5. The van der Waals surface area contributed by atoms with Gasteiger partial charge in [-0.3, -0.25) is 9.69 Å². The van der Waals surface area contributed by atoms with Crippen LogP contribution in [0.5, 0.6) is 0 Å². The maximum Gasteiger partial charge on any atom is 0.241 e. The number of amides is 1. The molecule has 1 aromatic carbocycles. The van der Waals surface area contributed by atoms with Crippen LogP contribution in [0, 0.1) is 0 Å². The van der Waals surface area contributed by atoms with Gasteiger partial charge in [-0.2, -0.15) is 0 Å². The van der Waals surface area contributed by atoms with Crippen molar-refractivity contribution in [1.29, 1.82) is 0 Å². The Morgan fingerprint density at radius 2 is 2.00 bits per heavy atom. The van der Waals surface area contributed by atoms with E-state index >= 15 is 0 Å². The zero-order valence-corrected chi connectivity index (χ0v) is 16.5. The fourth-order valence-corrected chi connectivity index (χ4v) is 3.81. The SMILES string of the molecule is CC(C(=O)Nc1ccc(Br)cc1)N1CCC(OCCN2CCCC2)C1. The number of nitrogens with one attached hydrogen (secondary N) is 1. The van der Waals surface area contributed by atoms with E-state index in [1.165, 1.54) is 25.9 Å². The van der Waals surface area contributed by atoms with Crippen LogP contribution in [0.4, 0.5) is 5.69 Å². The van der Waals surface area contributed by atoms with Crippen molar-refractivity contribution in [1.82, 2.24) is 9.80 Å². The van der Waals surface area contributed by atoms with E-state index in [2.05, 4.69) is 31.0 Å². The number of likely N-dealkylation sites (tertiary alicyclic amines) is 2. The molecule has 1 N–H and O–H groups in total. The summed E-state index contributed by atoms with van der Waals surface area (Å²) in [7, 11) is 0. The van der Waals surface area contributed by atoms with E-state index in [-0.39, 0.29) is 18.1 Å². The fourth-order valence-electron chi connectivity index (χ4n) is 3.54. The van der Waals surface area contributed by atoms with Crippen LogP contribution in [0.25, 0.3) is 0 Å². The first-order valence-electron chi connectivity index (χ1n) is 9.26. The number of nitrogens with zero attached hydrogens (tertiary/aromatic N) is 2. The van der Waals surface area contributed by atoms with Crippen LogP contribution in [0.2, 0.25) is 0 Å². The van der Waals surface area contributed by atoms with E-state index < -0.39 is 0 Å². The molecule has 5 nitrogen and oxygen atoms in total. The molecule has 0 saturated carbocycles. The molecule has 3 rings (SSSR count). The molecule has 25 heavy (non-hydrogen) atoms. The third kappa shape index (κ3) is 5.51. The molecule has 1 aromatic rings. The highest BCUT2D eigenvalue weighted by molar-refractivity contribution is 9.10. The van der Waals surface area contributed by atoms with Crippen molar-refractivity contribution in [3.05, 3.63) is 28.7 Å². The molecule has 6 heteroatoms. The summed E-state index contributed by atoms with van der Waals surface area (Å²) in [6.07, 6.45) is 3.91. The summed E-state index contributed by atoms with van der Waals surface area (Å²) < 4.78 is 7.04. The van der Waals surface area contributed by atoms with Gasteiger partial charge in [0.25, 0.3) is 0 Å². The molecule has 2 fully saturated rings. The van der Waals surface area contributed by atoms with E-state index in [0.717, 1.165) is 42.8 Å². The Kier molecular flexibility index (Phi) is 6.87. The van der Waals surface area contributed by atoms with Gasteiger partial charge < -0.3 is 15.0 Å².